The van der Waals surface area contributed by atoms with Gasteiger partial charge in [0.05, 0.1) is 11.5 Å². The molecular weight excluding hydrogens is 236 g/mol. The van der Waals surface area contributed by atoms with Crippen molar-refractivity contribution in [2.75, 3.05) is 0 Å². The van der Waals surface area contributed by atoms with Crippen molar-refractivity contribution in [1.82, 2.24) is 0 Å². The summed E-state index contributed by atoms with van der Waals surface area (Å²) in [6.45, 7) is 5.82. The Bertz CT molecular complexity index is 249. The molecule has 1 unspecified atom stereocenters. The molecule has 17 heavy (non-hydrogen) atoms. The number of aliphatic hydroxyl groups is 1. The third-order valence-electron chi connectivity index (χ3n) is 3.42. The summed E-state index contributed by atoms with van der Waals surface area (Å²) < 4.78 is 53.7. The molecule has 1 nitrogen and oxygen atoms in total. The van der Waals surface area contributed by atoms with E-state index in [-0.39, 0.29) is 6.42 Å². The Morgan fingerprint density at radius 2 is 1.47 bits per heavy atom. The lowest BCUT2D eigenvalue weighted by molar-refractivity contribution is -0.233. The second kappa shape index (κ2) is 5.12. The van der Waals surface area contributed by atoms with Gasteiger partial charge in [0.25, 0.3) is 5.92 Å². The van der Waals surface area contributed by atoms with Crippen molar-refractivity contribution in [2.45, 2.75) is 65.9 Å². The zero-order valence-electron chi connectivity index (χ0n) is 11.0. The average molecular weight is 258 g/mol. The summed E-state index contributed by atoms with van der Waals surface area (Å²) in [7, 11) is 0. The van der Waals surface area contributed by atoms with E-state index < -0.39 is 29.3 Å². The van der Waals surface area contributed by atoms with Crippen LogP contribution in [-0.4, -0.2) is 23.6 Å². The predicted octanol–water partition coefficient (Wildman–Crippen LogP) is 4.10. The van der Waals surface area contributed by atoms with Gasteiger partial charge in [-0.05, 0) is 26.7 Å². The minimum Gasteiger partial charge on any atom is -0.393 e. The highest BCUT2D eigenvalue weighted by Crippen LogP contribution is 2.53. The fourth-order valence-corrected chi connectivity index (χ4v) is 1.87. The van der Waals surface area contributed by atoms with Crippen molar-refractivity contribution in [3.63, 3.8) is 0 Å². The molecule has 0 rings (SSSR count). The standard InChI is InChI=1S/C12H22F4O/c1-6-8(17)7-10(2,3)12(15,16)11(4,5)9(13)14/h8-9,17H,6-7H2,1-5H3. The van der Waals surface area contributed by atoms with E-state index in [1.807, 2.05) is 0 Å². The van der Waals surface area contributed by atoms with E-state index in [0.717, 1.165) is 13.8 Å². The van der Waals surface area contributed by atoms with Crippen LogP contribution >= 0.6 is 0 Å². The number of halogens is 4. The van der Waals surface area contributed by atoms with Crippen LogP contribution in [0.25, 0.3) is 0 Å². The van der Waals surface area contributed by atoms with E-state index in [2.05, 4.69) is 0 Å². The molecule has 0 spiro atoms. The monoisotopic (exact) mass is 258 g/mol. The van der Waals surface area contributed by atoms with Gasteiger partial charge < -0.3 is 5.11 Å². The minimum atomic E-state index is -3.57. The van der Waals surface area contributed by atoms with Gasteiger partial charge in [-0.2, -0.15) is 0 Å². The lowest BCUT2D eigenvalue weighted by atomic mass is 9.68. The summed E-state index contributed by atoms with van der Waals surface area (Å²) in [5.41, 5.74) is -4.09. The molecule has 0 saturated carbocycles. The maximum absolute atomic E-state index is 14.1. The molecule has 0 amide bonds. The molecule has 0 aliphatic heterocycles. The molecule has 0 bridgehead atoms. The third kappa shape index (κ3) is 3.12. The molecule has 0 aromatic heterocycles. The fourth-order valence-electron chi connectivity index (χ4n) is 1.87. The number of aliphatic hydroxyl groups excluding tert-OH is 1. The first kappa shape index (κ1) is 16.7. The smallest absolute Gasteiger partial charge is 0.263 e. The second-order valence-electron chi connectivity index (χ2n) is 5.75. The van der Waals surface area contributed by atoms with Crippen LogP contribution in [0.15, 0.2) is 0 Å². The zero-order valence-corrected chi connectivity index (χ0v) is 11.0. The molecule has 0 heterocycles. The van der Waals surface area contributed by atoms with Gasteiger partial charge in [-0.25, -0.2) is 17.6 Å². The molecule has 0 aromatic rings. The normalized spacial score (nSPS) is 16.4. The summed E-state index contributed by atoms with van der Waals surface area (Å²) in [5.74, 6) is -3.57. The molecular formula is C12H22F4O. The van der Waals surface area contributed by atoms with Crippen molar-refractivity contribution in [1.29, 1.82) is 0 Å². The van der Waals surface area contributed by atoms with E-state index >= 15 is 0 Å². The van der Waals surface area contributed by atoms with Crippen LogP contribution in [0, 0.1) is 10.8 Å². The summed E-state index contributed by atoms with van der Waals surface area (Å²) in [4.78, 5) is 0. The first-order valence-corrected chi connectivity index (χ1v) is 5.74. The highest BCUT2D eigenvalue weighted by Gasteiger charge is 2.61. The molecule has 5 heteroatoms. The number of rotatable bonds is 6. The first-order valence-electron chi connectivity index (χ1n) is 5.74. The van der Waals surface area contributed by atoms with Crippen molar-refractivity contribution in [3.8, 4) is 0 Å². The Labute approximate surface area is 100 Å². The molecule has 104 valence electrons. The number of hydrogen-bond donors (Lipinski definition) is 1. The minimum absolute atomic E-state index is 0.202. The largest absolute Gasteiger partial charge is 0.393 e. The molecule has 0 radical (unpaired) electrons. The predicted molar refractivity (Wildman–Crippen MR) is 59.4 cm³/mol. The highest BCUT2D eigenvalue weighted by molar-refractivity contribution is 4.98. The van der Waals surface area contributed by atoms with Crippen LogP contribution in [0.5, 0.6) is 0 Å². The molecule has 0 aliphatic carbocycles. The van der Waals surface area contributed by atoms with Crippen LogP contribution in [0.3, 0.4) is 0 Å². The van der Waals surface area contributed by atoms with Crippen molar-refractivity contribution < 1.29 is 22.7 Å². The Kier molecular flexibility index (Phi) is 5.03. The first-order chi connectivity index (χ1) is 7.40. The highest BCUT2D eigenvalue weighted by atomic mass is 19.3. The summed E-state index contributed by atoms with van der Waals surface area (Å²) in [6, 6.07) is 0. The van der Waals surface area contributed by atoms with Gasteiger partial charge in [0.2, 0.25) is 6.43 Å². The van der Waals surface area contributed by atoms with E-state index in [0.29, 0.717) is 6.42 Å². The van der Waals surface area contributed by atoms with Gasteiger partial charge in [0.1, 0.15) is 0 Å². The Balaban J connectivity index is 5.15. The molecule has 0 fully saturated rings. The molecule has 0 aliphatic rings. The van der Waals surface area contributed by atoms with Gasteiger partial charge in [-0.15, -0.1) is 0 Å². The van der Waals surface area contributed by atoms with Crippen molar-refractivity contribution >= 4 is 0 Å². The zero-order chi connectivity index (χ0) is 14.1. The van der Waals surface area contributed by atoms with E-state index in [4.69, 9.17) is 0 Å². The second-order valence-corrected chi connectivity index (χ2v) is 5.75. The molecule has 1 N–H and O–H groups in total. The quantitative estimate of drug-likeness (QED) is 0.711. The van der Waals surface area contributed by atoms with Crippen LogP contribution in [-0.2, 0) is 0 Å². The summed E-state index contributed by atoms with van der Waals surface area (Å²) >= 11 is 0. The number of alkyl halides is 4. The fraction of sp³-hybridized carbons (Fsp3) is 1.00. The van der Waals surface area contributed by atoms with Crippen molar-refractivity contribution in [2.24, 2.45) is 10.8 Å². The molecule has 0 saturated heterocycles. The Hall–Kier alpha value is -0.320. The average Bonchev–Trinajstić information content (AvgIpc) is 2.15. The Morgan fingerprint density at radius 1 is 1.06 bits per heavy atom. The maximum atomic E-state index is 14.1. The lowest BCUT2D eigenvalue weighted by Crippen LogP contribution is -2.52. The topological polar surface area (TPSA) is 20.2 Å². The van der Waals surface area contributed by atoms with Gasteiger partial charge in [-0.3, -0.25) is 0 Å². The van der Waals surface area contributed by atoms with Crippen molar-refractivity contribution in [3.05, 3.63) is 0 Å². The molecule has 1 atom stereocenters. The lowest BCUT2D eigenvalue weighted by Gasteiger charge is -2.44. The Morgan fingerprint density at radius 3 is 1.76 bits per heavy atom. The van der Waals surface area contributed by atoms with Gasteiger partial charge in [0, 0.05) is 5.41 Å². The number of hydrogen-bond acceptors (Lipinski definition) is 1. The van der Waals surface area contributed by atoms with Gasteiger partial charge in [0.15, 0.2) is 0 Å². The van der Waals surface area contributed by atoms with Crippen LogP contribution in [0.1, 0.15) is 47.5 Å². The van der Waals surface area contributed by atoms with Gasteiger partial charge >= 0.3 is 0 Å². The van der Waals surface area contributed by atoms with Crippen LogP contribution in [0.4, 0.5) is 17.6 Å². The molecule has 0 aromatic carbocycles. The van der Waals surface area contributed by atoms with Gasteiger partial charge in [-0.1, -0.05) is 20.8 Å². The van der Waals surface area contributed by atoms with E-state index in [1.54, 1.807) is 6.92 Å². The van der Waals surface area contributed by atoms with Crippen LogP contribution in [0.2, 0.25) is 0 Å². The summed E-state index contributed by atoms with van der Waals surface area (Å²) in [5, 5.41) is 9.44. The SMILES string of the molecule is CCC(O)CC(C)(C)C(F)(F)C(C)(C)C(F)F. The summed E-state index contributed by atoms with van der Waals surface area (Å²) in [6.07, 6.45) is -3.89. The van der Waals surface area contributed by atoms with E-state index in [9.17, 15) is 22.7 Å². The maximum Gasteiger partial charge on any atom is 0.263 e. The third-order valence-corrected chi connectivity index (χ3v) is 3.42. The van der Waals surface area contributed by atoms with Crippen LogP contribution < -0.4 is 0 Å². The van der Waals surface area contributed by atoms with E-state index in [1.165, 1.54) is 13.8 Å².